The number of ether oxygens (including phenoxy) is 1. The fourth-order valence-electron chi connectivity index (χ4n) is 4.57. The number of aryl methyl sites for hydroxylation is 1. The number of likely N-dealkylation sites (tertiary alicyclic amines) is 1. The zero-order valence-corrected chi connectivity index (χ0v) is 21.3. The molecule has 0 unspecified atom stereocenters. The molecule has 0 atom stereocenters. The summed E-state index contributed by atoms with van der Waals surface area (Å²) in [5.74, 6) is -0.339. The molecule has 0 radical (unpaired) electrons. The highest BCUT2D eigenvalue weighted by molar-refractivity contribution is 6.31. The van der Waals surface area contributed by atoms with Crippen LogP contribution in [0.5, 0.6) is 0 Å². The number of hydrogen-bond donors (Lipinski definition) is 1. The van der Waals surface area contributed by atoms with E-state index in [1.807, 2.05) is 29.9 Å². The Morgan fingerprint density at radius 2 is 1.92 bits per heavy atom. The van der Waals surface area contributed by atoms with Crippen LogP contribution in [-0.4, -0.2) is 59.8 Å². The van der Waals surface area contributed by atoms with Gasteiger partial charge in [-0.25, -0.2) is 0 Å². The number of benzene rings is 2. The summed E-state index contributed by atoms with van der Waals surface area (Å²) >= 11 is 5.68. The molecule has 4 rings (SSSR count). The molecule has 1 aliphatic heterocycles. The molecule has 0 aliphatic carbocycles. The van der Waals surface area contributed by atoms with Crippen LogP contribution in [0, 0.1) is 12.8 Å². The minimum Gasteiger partial charge on any atom is -0.383 e. The maximum atomic E-state index is 13.2. The second-order valence-corrected chi connectivity index (χ2v) is 9.66. The summed E-state index contributed by atoms with van der Waals surface area (Å²) < 4.78 is 46.3. The highest BCUT2D eigenvalue weighted by atomic mass is 35.5. The average molecular weight is 537 g/mol. The van der Waals surface area contributed by atoms with Gasteiger partial charge in [0, 0.05) is 56.0 Å². The first kappa shape index (κ1) is 26.9. The number of rotatable bonds is 7. The van der Waals surface area contributed by atoms with Gasteiger partial charge in [0.15, 0.2) is 0 Å². The summed E-state index contributed by atoms with van der Waals surface area (Å²) in [6.07, 6.45) is -1.31. The average Bonchev–Trinajstić information content (AvgIpc) is 3.24. The van der Waals surface area contributed by atoms with Crippen molar-refractivity contribution in [1.29, 1.82) is 0 Å². The fourth-order valence-corrected chi connectivity index (χ4v) is 4.79. The van der Waals surface area contributed by atoms with Crippen molar-refractivity contribution < 1.29 is 27.5 Å². The Hall–Kier alpha value is -3.11. The largest absolute Gasteiger partial charge is 0.417 e. The molecule has 0 spiro atoms. The second-order valence-electron chi connectivity index (χ2n) is 9.25. The summed E-state index contributed by atoms with van der Waals surface area (Å²) in [6.45, 7) is 4.26. The monoisotopic (exact) mass is 536 g/mol. The van der Waals surface area contributed by atoms with Gasteiger partial charge in [0.25, 0.3) is 11.8 Å². The van der Waals surface area contributed by atoms with Crippen molar-refractivity contribution in [1.82, 2.24) is 20.0 Å². The van der Waals surface area contributed by atoms with Gasteiger partial charge in [0.1, 0.15) is 0 Å². The lowest BCUT2D eigenvalue weighted by Gasteiger charge is -2.32. The Labute approximate surface area is 217 Å². The molecule has 1 saturated heterocycles. The number of piperidine rings is 1. The van der Waals surface area contributed by atoms with E-state index in [1.165, 1.54) is 6.07 Å². The van der Waals surface area contributed by atoms with Crippen molar-refractivity contribution >= 4 is 34.3 Å². The van der Waals surface area contributed by atoms with Crippen LogP contribution in [0.3, 0.4) is 0 Å². The molecular formula is C26H28ClF3N4O3. The van der Waals surface area contributed by atoms with Gasteiger partial charge in [-0.1, -0.05) is 11.6 Å². The maximum absolute atomic E-state index is 13.2. The van der Waals surface area contributed by atoms with Crippen LogP contribution in [0.25, 0.3) is 10.9 Å². The molecule has 11 heteroatoms. The van der Waals surface area contributed by atoms with E-state index >= 15 is 0 Å². The van der Waals surface area contributed by atoms with E-state index in [1.54, 1.807) is 12.0 Å². The number of aromatic nitrogens is 2. The van der Waals surface area contributed by atoms with Gasteiger partial charge in [-0.05, 0) is 61.6 Å². The van der Waals surface area contributed by atoms with Crippen molar-refractivity contribution in [2.24, 2.45) is 5.92 Å². The van der Waals surface area contributed by atoms with Crippen LogP contribution in [0.1, 0.15) is 44.7 Å². The van der Waals surface area contributed by atoms with Crippen molar-refractivity contribution in [3.8, 4) is 0 Å². The van der Waals surface area contributed by atoms with Crippen molar-refractivity contribution in [3.63, 3.8) is 0 Å². The number of halogens is 4. The van der Waals surface area contributed by atoms with Crippen molar-refractivity contribution in [3.05, 3.63) is 63.8 Å². The topological polar surface area (TPSA) is 76.5 Å². The Balaban J connectivity index is 1.38. The summed E-state index contributed by atoms with van der Waals surface area (Å²) in [7, 11) is 1.58. The molecule has 2 amide bonds. The summed E-state index contributed by atoms with van der Waals surface area (Å²) in [5, 5.41) is 7.91. The Bertz CT molecular complexity index is 1300. The molecule has 0 bridgehead atoms. The quantitative estimate of drug-likeness (QED) is 0.434. The zero-order chi connectivity index (χ0) is 26.7. The predicted molar refractivity (Wildman–Crippen MR) is 134 cm³/mol. The zero-order valence-electron chi connectivity index (χ0n) is 20.6. The summed E-state index contributed by atoms with van der Waals surface area (Å²) in [4.78, 5) is 26.9. The third kappa shape index (κ3) is 6.24. The minimum atomic E-state index is -4.62. The lowest BCUT2D eigenvalue weighted by molar-refractivity contribution is -0.137. The molecule has 3 aromatic rings. The third-order valence-corrected chi connectivity index (χ3v) is 6.93. The highest BCUT2D eigenvalue weighted by Crippen LogP contribution is 2.35. The van der Waals surface area contributed by atoms with Gasteiger partial charge in [-0.3, -0.25) is 14.3 Å². The smallest absolute Gasteiger partial charge is 0.383 e. The number of nitrogens with zero attached hydrogens (tertiary/aromatic N) is 3. The first-order chi connectivity index (χ1) is 17.6. The molecule has 1 fully saturated rings. The molecule has 0 saturated carbocycles. The second kappa shape index (κ2) is 11.1. The van der Waals surface area contributed by atoms with Crippen LogP contribution in [0.4, 0.5) is 13.2 Å². The first-order valence-corrected chi connectivity index (χ1v) is 12.4. The molecular weight excluding hydrogens is 509 g/mol. The van der Waals surface area contributed by atoms with Gasteiger partial charge in [-0.15, -0.1) is 0 Å². The molecule has 198 valence electrons. The third-order valence-electron chi connectivity index (χ3n) is 6.60. The number of carbonyl (C=O) groups excluding carboxylic acids is 2. The standard InChI is InChI=1S/C26H28ClF3N4O3/c1-16-11-23-19(12-20(16)24(35)31-7-10-37-2)15-34(32-23)14-17-5-8-33(9-6-17)25(36)18-3-4-22(27)21(13-18)26(28,29)30/h3-4,11-13,15,17H,5-10,14H2,1-2H3,(H,31,35). The summed E-state index contributed by atoms with van der Waals surface area (Å²) in [6, 6.07) is 6.98. The van der Waals surface area contributed by atoms with E-state index in [-0.39, 0.29) is 17.4 Å². The lowest BCUT2D eigenvalue weighted by atomic mass is 9.96. The fraction of sp³-hybridized carbons (Fsp3) is 0.423. The molecule has 2 heterocycles. The van der Waals surface area contributed by atoms with Crippen LogP contribution in [0.15, 0.2) is 36.5 Å². The van der Waals surface area contributed by atoms with Crippen LogP contribution in [0.2, 0.25) is 5.02 Å². The number of alkyl halides is 3. The van der Waals surface area contributed by atoms with Crippen LogP contribution >= 0.6 is 11.6 Å². The van der Waals surface area contributed by atoms with Crippen LogP contribution in [-0.2, 0) is 17.5 Å². The van der Waals surface area contributed by atoms with E-state index < -0.39 is 22.7 Å². The van der Waals surface area contributed by atoms with Crippen LogP contribution < -0.4 is 5.32 Å². The number of carbonyl (C=O) groups is 2. The highest BCUT2D eigenvalue weighted by Gasteiger charge is 2.34. The van der Waals surface area contributed by atoms with Gasteiger partial charge < -0.3 is 15.0 Å². The number of fused-ring (bicyclic) bond motifs is 1. The molecule has 1 aromatic heterocycles. The molecule has 7 nitrogen and oxygen atoms in total. The Kier molecular flexibility index (Phi) is 8.08. The molecule has 2 aromatic carbocycles. The summed E-state index contributed by atoms with van der Waals surface area (Å²) in [5.41, 5.74) is 1.18. The van der Waals surface area contributed by atoms with Gasteiger partial charge >= 0.3 is 6.18 Å². The number of hydrogen-bond acceptors (Lipinski definition) is 4. The number of amides is 2. The Morgan fingerprint density at radius 3 is 2.59 bits per heavy atom. The van der Waals surface area contributed by atoms with Gasteiger partial charge in [0.2, 0.25) is 0 Å². The van der Waals surface area contributed by atoms with Gasteiger partial charge in [0.05, 0.1) is 22.7 Å². The Morgan fingerprint density at radius 1 is 1.19 bits per heavy atom. The molecule has 1 aliphatic rings. The van der Waals surface area contributed by atoms with E-state index in [9.17, 15) is 22.8 Å². The first-order valence-electron chi connectivity index (χ1n) is 12.0. The van der Waals surface area contributed by atoms with Gasteiger partial charge in [-0.2, -0.15) is 18.3 Å². The SMILES string of the molecule is COCCNC(=O)c1cc2cn(CC3CCN(C(=O)c4ccc(Cl)c(C(F)(F)F)c4)CC3)nc2cc1C. The number of methoxy groups -OCH3 is 1. The van der Waals surface area contributed by atoms with E-state index in [0.29, 0.717) is 51.2 Å². The maximum Gasteiger partial charge on any atom is 0.417 e. The van der Waals surface area contributed by atoms with Crippen molar-refractivity contribution in [2.45, 2.75) is 32.5 Å². The number of nitrogens with one attached hydrogen (secondary N) is 1. The molecule has 1 N–H and O–H groups in total. The van der Waals surface area contributed by atoms with E-state index in [0.717, 1.165) is 28.6 Å². The lowest BCUT2D eigenvalue weighted by Crippen LogP contribution is -2.39. The minimum absolute atomic E-state index is 0.0223. The molecule has 37 heavy (non-hydrogen) atoms. The van der Waals surface area contributed by atoms with E-state index in [2.05, 4.69) is 10.4 Å². The predicted octanol–water partition coefficient (Wildman–Crippen LogP) is 4.95. The normalized spacial score (nSPS) is 14.8. The van der Waals surface area contributed by atoms with E-state index in [4.69, 9.17) is 16.3 Å². The van der Waals surface area contributed by atoms with Crippen molar-refractivity contribution in [2.75, 3.05) is 33.4 Å².